The monoisotopic (exact) mass is 559 g/mol. The van der Waals surface area contributed by atoms with Gasteiger partial charge in [-0.1, -0.05) is 13.0 Å². The lowest BCUT2D eigenvalue weighted by Gasteiger charge is -2.34. The molecule has 4 aromatic rings. The molecule has 0 spiro atoms. The number of anilines is 2. The Morgan fingerprint density at radius 3 is 2.25 bits per heavy atom. The Labute approximate surface area is 227 Å². The molecule has 0 aliphatic carbocycles. The third kappa shape index (κ3) is 5.89. The first-order valence-corrected chi connectivity index (χ1v) is 12.9. The number of hydrogen-bond donors (Lipinski definition) is 1. The zero-order valence-electron chi connectivity index (χ0n) is 21.8. The molecule has 1 aliphatic rings. The zero-order chi connectivity index (χ0) is 28.7. The van der Waals surface area contributed by atoms with Crippen LogP contribution in [-0.4, -0.2) is 32.9 Å². The van der Waals surface area contributed by atoms with Gasteiger partial charge in [0, 0.05) is 22.8 Å². The van der Waals surface area contributed by atoms with Crippen LogP contribution in [0.25, 0.3) is 22.2 Å². The molecular formula is C29H27F6N5. The average Bonchev–Trinajstić information content (AvgIpc) is 2.92. The van der Waals surface area contributed by atoms with Crippen molar-refractivity contribution < 1.29 is 26.3 Å². The molecule has 0 saturated carbocycles. The van der Waals surface area contributed by atoms with Crippen molar-refractivity contribution in [3.05, 3.63) is 77.7 Å². The van der Waals surface area contributed by atoms with Crippen LogP contribution >= 0.6 is 0 Å². The van der Waals surface area contributed by atoms with E-state index >= 15 is 0 Å². The largest absolute Gasteiger partial charge is 0.418 e. The number of aromatic nitrogens is 3. The second-order valence-electron chi connectivity index (χ2n) is 10.2. The Balaban J connectivity index is 1.59. The van der Waals surface area contributed by atoms with Gasteiger partial charge in [-0.05, 0) is 87.3 Å². The molecule has 3 heterocycles. The fourth-order valence-electron chi connectivity index (χ4n) is 4.90. The highest BCUT2D eigenvalue weighted by atomic mass is 19.4. The molecule has 1 unspecified atom stereocenters. The molecule has 0 amide bonds. The topological polar surface area (TPSA) is 53.9 Å². The van der Waals surface area contributed by atoms with Gasteiger partial charge in [0.15, 0.2) is 0 Å². The maximum atomic E-state index is 13.7. The molecule has 1 N–H and O–H groups in total. The molecule has 1 fully saturated rings. The van der Waals surface area contributed by atoms with Crippen LogP contribution in [0, 0.1) is 5.92 Å². The number of pyridine rings is 1. The van der Waals surface area contributed by atoms with Gasteiger partial charge in [0.05, 0.1) is 28.4 Å². The van der Waals surface area contributed by atoms with E-state index in [9.17, 15) is 26.3 Å². The molecule has 5 nitrogen and oxygen atoms in total. The Morgan fingerprint density at radius 2 is 1.60 bits per heavy atom. The van der Waals surface area contributed by atoms with Gasteiger partial charge in [-0.15, -0.1) is 0 Å². The molecular weight excluding hydrogens is 532 g/mol. The van der Waals surface area contributed by atoms with Crippen LogP contribution in [-0.2, 0) is 12.4 Å². The second kappa shape index (κ2) is 10.7. The SMILES string of the molecule is CC1CCN(C(C)c2nc(Nc3ccc(C(F)(F)F)cc3)c3ccc(-c4ncccc4C(F)(F)F)cc3n2)CC1. The molecule has 11 heteroatoms. The van der Waals surface area contributed by atoms with E-state index in [1.165, 1.54) is 30.5 Å². The molecule has 40 heavy (non-hydrogen) atoms. The predicted molar refractivity (Wildman–Crippen MR) is 141 cm³/mol. The van der Waals surface area contributed by atoms with Gasteiger partial charge < -0.3 is 5.32 Å². The van der Waals surface area contributed by atoms with E-state index in [1.807, 2.05) is 6.92 Å². The first-order chi connectivity index (χ1) is 18.9. The second-order valence-corrected chi connectivity index (χ2v) is 10.2. The molecule has 1 saturated heterocycles. The van der Waals surface area contributed by atoms with Gasteiger partial charge >= 0.3 is 12.4 Å². The van der Waals surface area contributed by atoms with Crippen molar-refractivity contribution in [2.75, 3.05) is 18.4 Å². The summed E-state index contributed by atoms with van der Waals surface area (Å²) in [7, 11) is 0. The highest BCUT2D eigenvalue weighted by molar-refractivity contribution is 5.93. The Kier molecular flexibility index (Phi) is 7.43. The van der Waals surface area contributed by atoms with Crippen LogP contribution in [0.2, 0.25) is 0 Å². The number of nitrogens with one attached hydrogen (secondary N) is 1. The fraction of sp³-hybridized carbons (Fsp3) is 0.345. The van der Waals surface area contributed by atoms with Crippen LogP contribution in [0.4, 0.5) is 37.8 Å². The van der Waals surface area contributed by atoms with Crippen molar-refractivity contribution in [3.8, 4) is 11.3 Å². The average molecular weight is 560 g/mol. The quantitative estimate of drug-likeness (QED) is 0.250. The maximum absolute atomic E-state index is 13.7. The molecule has 5 rings (SSSR count). The molecule has 2 aromatic carbocycles. The smallest absolute Gasteiger partial charge is 0.340 e. The third-order valence-electron chi connectivity index (χ3n) is 7.32. The van der Waals surface area contributed by atoms with Crippen molar-refractivity contribution in [3.63, 3.8) is 0 Å². The molecule has 1 aliphatic heterocycles. The van der Waals surface area contributed by atoms with Crippen molar-refractivity contribution in [2.24, 2.45) is 5.92 Å². The Bertz CT molecular complexity index is 1490. The highest BCUT2D eigenvalue weighted by Crippen LogP contribution is 2.38. The van der Waals surface area contributed by atoms with E-state index in [0.29, 0.717) is 34.2 Å². The van der Waals surface area contributed by atoms with Crippen LogP contribution in [0.3, 0.4) is 0 Å². The number of fused-ring (bicyclic) bond motifs is 1. The molecule has 0 bridgehead atoms. The van der Waals surface area contributed by atoms with E-state index in [0.717, 1.165) is 44.1 Å². The number of nitrogens with zero attached hydrogens (tertiary/aromatic N) is 4. The first kappa shape index (κ1) is 27.8. The third-order valence-corrected chi connectivity index (χ3v) is 7.32. The van der Waals surface area contributed by atoms with Crippen molar-refractivity contribution >= 4 is 22.4 Å². The van der Waals surface area contributed by atoms with E-state index in [-0.39, 0.29) is 17.3 Å². The summed E-state index contributed by atoms with van der Waals surface area (Å²) in [6.45, 7) is 5.89. The van der Waals surface area contributed by atoms with Crippen molar-refractivity contribution in [1.29, 1.82) is 0 Å². The number of likely N-dealkylation sites (tertiary alicyclic amines) is 1. The summed E-state index contributed by atoms with van der Waals surface area (Å²) in [5.41, 5.74) is -0.834. The minimum atomic E-state index is -4.59. The summed E-state index contributed by atoms with van der Waals surface area (Å²) in [6.07, 6.45) is -5.70. The van der Waals surface area contributed by atoms with Crippen molar-refractivity contribution in [2.45, 2.75) is 45.1 Å². The number of alkyl halides is 6. The van der Waals surface area contributed by atoms with Gasteiger partial charge in [0.2, 0.25) is 0 Å². The van der Waals surface area contributed by atoms with E-state index in [4.69, 9.17) is 9.97 Å². The summed E-state index contributed by atoms with van der Waals surface area (Å²) in [5, 5.41) is 3.60. The lowest BCUT2D eigenvalue weighted by Crippen LogP contribution is -2.35. The molecule has 2 aromatic heterocycles. The number of benzene rings is 2. The van der Waals surface area contributed by atoms with Crippen LogP contribution in [0.15, 0.2) is 60.8 Å². The van der Waals surface area contributed by atoms with E-state index < -0.39 is 23.5 Å². The normalized spacial score (nSPS) is 16.3. The van der Waals surface area contributed by atoms with E-state index in [1.54, 1.807) is 12.1 Å². The van der Waals surface area contributed by atoms with Crippen LogP contribution in [0.5, 0.6) is 0 Å². The fourth-order valence-corrected chi connectivity index (χ4v) is 4.90. The number of rotatable bonds is 5. The van der Waals surface area contributed by atoms with Crippen LogP contribution in [0.1, 0.15) is 49.7 Å². The summed E-state index contributed by atoms with van der Waals surface area (Å²) < 4.78 is 80.3. The highest BCUT2D eigenvalue weighted by Gasteiger charge is 2.34. The minimum absolute atomic E-state index is 0.186. The van der Waals surface area contributed by atoms with Crippen molar-refractivity contribution in [1.82, 2.24) is 19.9 Å². The lowest BCUT2D eigenvalue weighted by atomic mass is 9.98. The number of hydrogen-bond acceptors (Lipinski definition) is 5. The minimum Gasteiger partial charge on any atom is -0.340 e. The summed E-state index contributed by atoms with van der Waals surface area (Å²) >= 11 is 0. The van der Waals surface area contributed by atoms with Crippen LogP contribution < -0.4 is 5.32 Å². The molecule has 1 atom stereocenters. The van der Waals surface area contributed by atoms with Gasteiger partial charge in [-0.2, -0.15) is 26.3 Å². The Morgan fingerprint density at radius 1 is 0.900 bits per heavy atom. The van der Waals surface area contributed by atoms with Gasteiger partial charge in [0.25, 0.3) is 0 Å². The van der Waals surface area contributed by atoms with Gasteiger partial charge in [-0.25, -0.2) is 9.97 Å². The standard InChI is InChI=1S/C29H27F6N5/c1-17-11-14-40(15-12-17)18(2)26-38-24-16-19(25-23(29(33,34)35)4-3-13-36-25)5-10-22(24)27(39-26)37-21-8-6-20(7-9-21)28(30,31)32/h3-10,13,16-18H,11-12,14-15H2,1-2H3,(H,37,38,39). The van der Waals surface area contributed by atoms with Gasteiger partial charge in [-0.3, -0.25) is 9.88 Å². The number of halogens is 6. The Hall–Kier alpha value is -3.73. The van der Waals surface area contributed by atoms with E-state index in [2.05, 4.69) is 22.1 Å². The number of piperidine rings is 1. The molecule has 210 valence electrons. The summed E-state index contributed by atoms with van der Waals surface area (Å²) in [6, 6.07) is 11.3. The predicted octanol–water partition coefficient (Wildman–Crippen LogP) is 8.27. The lowest BCUT2D eigenvalue weighted by molar-refractivity contribution is -0.138. The van der Waals surface area contributed by atoms with Gasteiger partial charge in [0.1, 0.15) is 11.6 Å². The maximum Gasteiger partial charge on any atom is 0.418 e. The summed E-state index contributed by atoms with van der Waals surface area (Å²) in [5.74, 6) is 1.42. The first-order valence-electron chi connectivity index (χ1n) is 12.9. The zero-order valence-corrected chi connectivity index (χ0v) is 21.8. The molecule has 0 radical (unpaired) electrons. The summed E-state index contributed by atoms with van der Waals surface area (Å²) in [4.78, 5) is 15.7.